The van der Waals surface area contributed by atoms with E-state index in [-0.39, 0.29) is 6.04 Å². The molecule has 0 fully saturated rings. The Labute approximate surface area is 111 Å². The Morgan fingerprint density at radius 1 is 1.29 bits per heavy atom. The highest BCUT2D eigenvalue weighted by atomic mass is 79.9. The summed E-state index contributed by atoms with van der Waals surface area (Å²) in [7, 11) is 0. The van der Waals surface area contributed by atoms with Gasteiger partial charge in [-0.15, -0.1) is 0 Å². The molecule has 0 aliphatic heterocycles. The summed E-state index contributed by atoms with van der Waals surface area (Å²) in [6.07, 6.45) is 0. The van der Waals surface area contributed by atoms with E-state index in [9.17, 15) is 0 Å². The van der Waals surface area contributed by atoms with Crippen LogP contribution in [0.5, 0.6) is 0 Å². The van der Waals surface area contributed by atoms with Gasteiger partial charge in [0, 0.05) is 9.86 Å². The van der Waals surface area contributed by atoms with Gasteiger partial charge in [0.25, 0.3) is 0 Å². The molecule has 2 nitrogen and oxygen atoms in total. The molecule has 0 saturated heterocycles. The Morgan fingerprint density at radius 3 is 2.71 bits per heavy atom. The van der Waals surface area contributed by atoms with E-state index in [1.54, 1.807) is 0 Å². The summed E-state index contributed by atoms with van der Waals surface area (Å²) in [5.74, 6) is 1.54. The van der Waals surface area contributed by atoms with Crippen molar-refractivity contribution in [3.8, 4) is 0 Å². The van der Waals surface area contributed by atoms with Crippen LogP contribution in [0.2, 0.25) is 0 Å². The van der Waals surface area contributed by atoms with Crippen molar-refractivity contribution in [2.24, 2.45) is 5.92 Å². The van der Waals surface area contributed by atoms with E-state index >= 15 is 0 Å². The molecule has 2 rings (SSSR count). The predicted molar refractivity (Wildman–Crippen MR) is 75.2 cm³/mol. The Bertz CT molecular complexity index is 504. The molecule has 3 heteroatoms. The molecule has 0 aliphatic carbocycles. The monoisotopic (exact) mass is 295 g/mol. The lowest BCUT2D eigenvalue weighted by atomic mass is 10.0. The van der Waals surface area contributed by atoms with E-state index in [0.717, 1.165) is 27.7 Å². The van der Waals surface area contributed by atoms with Crippen molar-refractivity contribution < 1.29 is 4.42 Å². The van der Waals surface area contributed by atoms with Crippen LogP contribution in [-0.2, 0) is 0 Å². The molecule has 0 radical (unpaired) electrons. The summed E-state index contributed by atoms with van der Waals surface area (Å²) in [6.45, 7) is 7.48. The molecule has 1 atom stereocenters. The average molecular weight is 296 g/mol. The van der Waals surface area contributed by atoms with Crippen LogP contribution in [0, 0.1) is 5.92 Å². The van der Waals surface area contributed by atoms with Crippen LogP contribution >= 0.6 is 15.9 Å². The first-order valence-electron chi connectivity index (χ1n) is 6.04. The van der Waals surface area contributed by atoms with Crippen molar-refractivity contribution in [3.63, 3.8) is 0 Å². The molecule has 1 aromatic heterocycles. The summed E-state index contributed by atoms with van der Waals surface area (Å²) in [5.41, 5.74) is 0.951. The van der Waals surface area contributed by atoms with Gasteiger partial charge in [0.15, 0.2) is 0 Å². The second kappa shape index (κ2) is 5.23. The van der Waals surface area contributed by atoms with Gasteiger partial charge in [-0.1, -0.05) is 36.7 Å². The third-order valence-electron chi connectivity index (χ3n) is 2.89. The van der Waals surface area contributed by atoms with E-state index in [4.69, 9.17) is 4.42 Å². The highest BCUT2D eigenvalue weighted by molar-refractivity contribution is 9.10. The first-order chi connectivity index (χ1) is 8.11. The molecular formula is C14H18BrNO. The van der Waals surface area contributed by atoms with E-state index in [1.165, 1.54) is 0 Å². The third-order valence-corrected chi connectivity index (χ3v) is 3.39. The maximum absolute atomic E-state index is 5.92. The van der Waals surface area contributed by atoms with Crippen molar-refractivity contribution in [3.05, 3.63) is 34.5 Å². The number of rotatable bonds is 4. The van der Waals surface area contributed by atoms with Gasteiger partial charge in [-0.05, 0) is 36.7 Å². The molecule has 2 aromatic rings. The molecule has 0 amide bonds. The van der Waals surface area contributed by atoms with Crippen molar-refractivity contribution in [2.45, 2.75) is 26.8 Å². The van der Waals surface area contributed by atoms with Crippen LogP contribution in [0.15, 0.2) is 33.2 Å². The van der Waals surface area contributed by atoms with Gasteiger partial charge in [-0.25, -0.2) is 0 Å². The minimum absolute atomic E-state index is 0.283. The molecular weight excluding hydrogens is 278 g/mol. The number of benzene rings is 1. The van der Waals surface area contributed by atoms with E-state index < -0.39 is 0 Å². The minimum atomic E-state index is 0.283. The highest BCUT2D eigenvalue weighted by Gasteiger charge is 2.18. The van der Waals surface area contributed by atoms with Crippen LogP contribution in [0.1, 0.15) is 32.6 Å². The van der Waals surface area contributed by atoms with Crippen molar-refractivity contribution in [1.82, 2.24) is 5.32 Å². The zero-order valence-electron chi connectivity index (χ0n) is 10.5. The van der Waals surface area contributed by atoms with Gasteiger partial charge in [-0.3, -0.25) is 0 Å². The lowest BCUT2D eigenvalue weighted by Gasteiger charge is -2.18. The Hall–Kier alpha value is -0.800. The Balaban J connectivity index is 2.40. The maximum atomic E-state index is 5.92. The quantitative estimate of drug-likeness (QED) is 0.898. The molecule has 1 N–H and O–H groups in total. The van der Waals surface area contributed by atoms with Gasteiger partial charge in [0.05, 0.1) is 6.04 Å². The number of hydrogen-bond donors (Lipinski definition) is 1. The molecule has 0 saturated carbocycles. The van der Waals surface area contributed by atoms with E-state index in [2.05, 4.69) is 54.2 Å². The Morgan fingerprint density at radius 2 is 2.06 bits per heavy atom. The zero-order valence-corrected chi connectivity index (χ0v) is 12.0. The summed E-state index contributed by atoms with van der Waals surface area (Å²) in [4.78, 5) is 0. The summed E-state index contributed by atoms with van der Waals surface area (Å²) >= 11 is 3.48. The largest absolute Gasteiger partial charge is 0.459 e. The molecule has 92 valence electrons. The van der Waals surface area contributed by atoms with Crippen LogP contribution in [0.4, 0.5) is 0 Å². The smallest absolute Gasteiger partial charge is 0.134 e. The number of furan rings is 1. The number of hydrogen-bond acceptors (Lipinski definition) is 2. The first kappa shape index (κ1) is 12.7. The topological polar surface area (TPSA) is 25.2 Å². The molecule has 1 aromatic carbocycles. The predicted octanol–water partition coefficient (Wildman–Crippen LogP) is 4.50. The highest BCUT2D eigenvalue weighted by Crippen LogP contribution is 2.29. The molecule has 0 aliphatic rings. The molecule has 1 unspecified atom stereocenters. The third kappa shape index (κ3) is 2.72. The van der Waals surface area contributed by atoms with E-state index in [1.807, 2.05) is 12.1 Å². The van der Waals surface area contributed by atoms with E-state index in [0.29, 0.717) is 5.92 Å². The van der Waals surface area contributed by atoms with Crippen LogP contribution in [-0.4, -0.2) is 6.54 Å². The van der Waals surface area contributed by atoms with Crippen LogP contribution < -0.4 is 5.32 Å². The summed E-state index contributed by atoms with van der Waals surface area (Å²) < 4.78 is 7.00. The van der Waals surface area contributed by atoms with Crippen LogP contribution in [0.25, 0.3) is 11.0 Å². The molecule has 1 heterocycles. The number of halogens is 1. The van der Waals surface area contributed by atoms with Gasteiger partial charge in [0.2, 0.25) is 0 Å². The molecule has 17 heavy (non-hydrogen) atoms. The molecule has 0 bridgehead atoms. The zero-order chi connectivity index (χ0) is 12.4. The fraction of sp³-hybridized carbons (Fsp3) is 0.429. The fourth-order valence-electron chi connectivity index (χ4n) is 2.07. The number of fused-ring (bicyclic) bond motifs is 1. The van der Waals surface area contributed by atoms with Gasteiger partial charge in [0.1, 0.15) is 11.3 Å². The lowest BCUT2D eigenvalue weighted by molar-refractivity contribution is 0.357. The lowest BCUT2D eigenvalue weighted by Crippen LogP contribution is -2.24. The van der Waals surface area contributed by atoms with Gasteiger partial charge >= 0.3 is 0 Å². The maximum Gasteiger partial charge on any atom is 0.134 e. The van der Waals surface area contributed by atoms with Crippen molar-refractivity contribution >= 4 is 26.9 Å². The second-order valence-corrected chi connectivity index (χ2v) is 5.53. The first-order valence-corrected chi connectivity index (χ1v) is 6.83. The Kier molecular flexibility index (Phi) is 3.89. The van der Waals surface area contributed by atoms with Crippen LogP contribution in [0.3, 0.4) is 0 Å². The SMILES string of the molecule is CCNC(c1cc2cc(Br)ccc2o1)C(C)C. The normalized spacial score (nSPS) is 13.5. The van der Waals surface area contributed by atoms with Gasteiger partial charge in [-0.2, -0.15) is 0 Å². The second-order valence-electron chi connectivity index (χ2n) is 4.61. The van der Waals surface area contributed by atoms with Gasteiger partial charge < -0.3 is 9.73 Å². The van der Waals surface area contributed by atoms with Crippen molar-refractivity contribution in [1.29, 1.82) is 0 Å². The average Bonchev–Trinajstić information content (AvgIpc) is 2.67. The minimum Gasteiger partial charge on any atom is -0.459 e. The number of nitrogens with one attached hydrogen (secondary N) is 1. The summed E-state index contributed by atoms with van der Waals surface area (Å²) in [5, 5.41) is 4.62. The standard InChI is InChI=1S/C14H18BrNO/c1-4-16-14(9(2)3)13-8-10-7-11(15)5-6-12(10)17-13/h5-9,14,16H,4H2,1-3H3. The van der Waals surface area contributed by atoms with Crippen molar-refractivity contribution in [2.75, 3.05) is 6.54 Å². The molecule has 0 spiro atoms. The summed E-state index contributed by atoms with van der Waals surface area (Å²) in [6, 6.07) is 8.52. The fourth-order valence-corrected chi connectivity index (χ4v) is 2.45.